The third-order valence-corrected chi connectivity index (χ3v) is 5.98. The molecule has 0 unspecified atom stereocenters. The minimum atomic E-state index is -0.207. The lowest BCUT2D eigenvalue weighted by Gasteiger charge is -2.13. The van der Waals surface area contributed by atoms with Gasteiger partial charge >= 0.3 is 0 Å². The van der Waals surface area contributed by atoms with Crippen molar-refractivity contribution in [3.63, 3.8) is 0 Å². The molecule has 0 aliphatic carbocycles. The Labute approximate surface area is 216 Å². The van der Waals surface area contributed by atoms with Gasteiger partial charge in [-0.1, -0.05) is 17.7 Å². The van der Waals surface area contributed by atoms with Crippen LogP contribution >= 0.6 is 23.5 Å². The molecule has 188 valence electrons. The van der Waals surface area contributed by atoms with E-state index < -0.39 is 0 Å². The molecule has 6 nitrogen and oxygen atoms in total. The van der Waals surface area contributed by atoms with Crippen LogP contribution in [0, 0.1) is 5.82 Å². The second-order valence-electron chi connectivity index (χ2n) is 7.03. The number of rotatable bonds is 6. The van der Waals surface area contributed by atoms with Gasteiger partial charge in [-0.25, -0.2) is 8.70 Å². The van der Waals surface area contributed by atoms with Crippen molar-refractivity contribution in [3.8, 4) is 0 Å². The summed E-state index contributed by atoms with van der Waals surface area (Å²) >= 11 is 7.44. The quantitative estimate of drug-likeness (QED) is 0.258. The maximum atomic E-state index is 12.3. The molecule has 0 aromatic heterocycles. The fourth-order valence-corrected chi connectivity index (χ4v) is 3.99. The van der Waals surface area contributed by atoms with Crippen LogP contribution in [0.25, 0.3) is 0 Å². The van der Waals surface area contributed by atoms with Crippen molar-refractivity contribution in [2.45, 2.75) is 17.7 Å². The van der Waals surface area contributed by atoms with Gasteiger partial charge in [-0.3, -0.25) is 4.79 Å². The zero-order valence-corrected chi connectivity index (χ0v) is 21.5. The summed E-state index contributed by atoms with van der Waals surface area (Å²) in [5.74, 6) is -0.207. The molecule has 0 atom stereocenters. The fraction of sp³-hybridized carbons (Fsp3) is 0.231. The van der Waals surface area contributed by atoms with Crippen LogP contribution < -0.4 is 16.0 Å². The van der Waals surface area contributed by atoms with Crippen LogP contribution in [-0.4, -0.2) is 44.7 Å². The van der Waals surface area contributed by atoms with Crippen LogP contribution in [-0.2, 0) is 9.59 Å². The smallest absolute Gasteiger partial charge is 0.211 e. The number of hydrogen-bond acceptors (Lipinski definition) is 6. The van der Waals surface area contributed by atoms with E-state index >= 15 is 0 Å². The summed E-state index contributed by atoms with van der Waals surface area (Å²) in [6, 6.07) is 21.8. The van der Waals surface area contributed by atoms with Crippen molar-refractivity contribution >= 4 is 53.8 Å². The van der Waals surface area contributed by atoms with Crippen LogP contribution in [0.4, 0.5) is 21.5 Å². The van der Waals surface area contributed by atoms with Gasteiger partial charge in [-0.15, -0.1) is 0 Å². The Morgan fingerprint density at radius 3 is 1.94 bits per heavy atom. The molecule has 1 aliphatic rings. The number of nitrogens with one attached hydrogen (secondary N) is 3. The van der Waals surface area contributed by atoms with E-state index in [0.29, 0.717) is 6.41 Å². The van der Waals surface area contributed by atoms with E-state index in [4.69, 9.17) is 16.4 Å². The van der Waals surface area contributed by atoms with Gasteiger partial charge < -0.3 is 20.7 Å². The predicted molar refractivity (Wildman–Crippen MR) is 147 cm³/mol. The largest absolute Gasteiger partial charge is 0.388 e. The Bertz CT molecular complexity index is 972. The van der Waals surface area contributed by atoms with Crippen molar-refractivity contribution in [3.05, 3.63) is 83.6 Å². The topological polar surface area (TPSA) is 73.5 Å². The summed E-state index contributed by atoms with van der Waals surface area (Å²) in [6.07, 6.45) is 3.30. The number of carbonyl (C=O) groups excluding carboxylic acids is 2. The third kappa shape index (κ3) is 12.8. The van der Waals surface area contributed by atoms with E-state index in [-0.39, 0.29) is 5.82 Å². The molecule has 0 radical (unpaired) electrons. The van der Waals surface area contributed by atoms with Crippen molar-refractivity contribution in [1.82, 2.24) is 4.31 Å². The number of benzene rings is 3. The summed E-state index contributed by atoms with van der Waals surface area (Å²) < 4.78 is 14.7. The Morgan fingerprint density at radius 1 is 0.886 bits per heavy atom. The molecule has 0 bridgehead atoms. The molecule has 0 saturated carbocycles. The highest BCUT2D eigenvalue weighted by Crippen LogP contribution is 2.27. The second kappa shape index (κ2) is 18.3. The lowest BCUT2D eigenvalue weighted by molar-refractivity contribution is -0.105. The van der Waals surface area contributed by atoms with E-state index in [9.17, 15) is 9.18 Å². The average Bonchev–Trinajstić information content (AvgIpc) is 3.41. The molecule has 3 aromatic carbocycles. The summed E-state index contributed by atoms with van der Waals surface area (Å²) in [5.41, 5.74) is 2.73. The number of nitrogens with zero attached hydrogens (tertiary/aromatic N) is 1. The molecule has 9 heteroatoms. The van der Waals surface area contributed by atoms with Crippen molar-refractivity contribution in [2.75, 3.05) is 43.1 Å². The molecular formula is C26H32ClFN4O2S. The van der Waals surface area contributed by atoms with Crippen molar-refractivity contribution in [2.24, 2.45) is 0 Å². The van der Waals surface area contributed by atoms with Gasteiger partial charge in [0.2, 0.25) is 6.41 Å². The summed E-state index contributed by atoms with van der Waals surface area (Å²) in [7, 11) is 3.64. The molecule has 1 saturated heterocycles. The van der Waals surface area contributed by atoms with Crippen molar-refractivity contribution < 1.29 is 14.0 Å². The molecule has 1 aliphatic heterocycles. The highest BCUT2D eigenvalue weighted by atomic mass is 35.5. The van der Waals surface area contributed by atoms with E-state index in [1.165, 1.54) is 43.0 Å². The summed E-state index contributed by atoms with van der Waals surface area (Å²) in [5, 5.41) is 9.22. The molecule has 3 N–H and O–H groups in total. The van der Waals surface area contributed by atoms with Gasteiger partial charge in [-0.2, -0.15) is 0 Å². The SMILES string of the molecule is C=O.CNc1ccc(Cl)cc1.CNc1cccc(F)c1.O=CNc1ccc(SN2CCCC2)cc1. The highest BCUT2D eigenvalue weighted by molar-refractivity contribution is 7.97. The molecule has 3 aromatic rings. The molecule has 0 spiro atoms. The molecular weight excluding hydrogens is 487 g/mol. The lowest BCUT2D eigenvalue weighted by atomic mass is 10.3. The van der Waals surface area contributed by atoms with Gasteiger partial charge in [0.25, 0.3) is 0 Å². The first-order chi connectivity index (χ1) is 17.0. The number of anilines is 3. The monoisotopic (exact) mass is 518 g/mol. The highest BCUT2D eigenvalue weighted by Gasteiger charge is 2.12. The molecule has 1 fully saturated rings. The standard InChI is InChI=1S/C11H14N2OS.C7H8ClN.C7H8FN.CH2O/c14-9-12-10-3-5-11(6-4-10)15-13-7-1-2-8-13;1-9-7-4-2-6(8)3-5-7;1-9-7-4-2-3-6(8)5-7;1-2/h3-6,9H,1-2,7-8H2,(H,12,14);2*2-5,9H,1H3;1H2. The third-order valence-electron chi connectivity index (χ3n) is 4.63. The number of carbonyl (C=O) groups is 2. The van der Waals surface area contributed by atoms with Crippen molar-refractivity contribution in [1.29, 1.82) is 0 Å². The first-order valence-corrected chi connectivity index (χ1v) is 12.1. The second-order valence-corrected chi connectivity index (χ2v) is 8.64. The minimum Gasteiger partial charge on any atom is -0.388 e. The molecule has 35 heavy (non-hydrogen) atoms. The lowest BCUT2D eigenvalue weighted by Crippen LogP contribution is -2.08. The van der Waals surface area contributed by atoms with Gasteiger partial charge in [0.1, 0.15) is 12.6 Å². The van der Waals surface area contributed by atoms with Gasteiger partial charge in [-0.05, 0) is 91.5 Å². The summed E-state index contributed by atoms with van der Waals surface area (Å²) in [4.78, 5) is 19.4. The zero-order valence-electron chi connectivity index (χ0n) is 20.0. The summed E-state index contributed by atoms with van der Waals surface area (Å²) in [6.45, 7) is 4.36. The molecule has 4 rings (SSSR count). The number of amides is 1. The predicted octanol–water partition coefficient (Wildman–Crippen LogP) is 6.42. The van der Waals surface area contributed by atoms with E-state index in [1.807, 2.05) is 68.4 Å². The van der Waals surface area contributed by atoms with Crippen LogP contribution in [0.2, 0.25) is 5.02 Å². The number of hydrogen-bond donors (Lipinski definition) is 3. The van der Waals surface area contributed by atoms with Gasteiger partial charge in [0, 0.05) is 54.2 Å². The Balaban J connectivity index is 0.000000266. The average molecular weight is 519 g/mol. The molecule has 1 heterocycles. The van der Waals surface area contributed by atoms with Gasteiger partial charge in [0.15, 0.2) is 0 Å². The van der Waals surface area contributed by atoms with Crippen LogP contribution in [0.5, 0.6) is 0 Å². The van der Waals surface area contributed by atoms with E-state index in [2.05, 4.69) is 20.3 Å². The van der Waals surface area contributed by atoms with E-state index in [1.54, 1.807) is 25.1 Å². The Morgan fingerprint density at radius 2 is 1.46 bits per heavy atom. The first kappa shape index (κ1) is 30.0. The van der Waals surface area contributed by atoms with Crippen LogP contribution in [0.15, 0.2) is 77.7 Å². The van der Waals surface area contributed by atoms with Gasteiger partial charge in [0.05, 0.1) is 0 Å². The Kier molecular flexibility index (Phi) is 15.7. The maximum Gasteiger partial charge on any atom is 0.211 e. The normalized spacial score (nSPS) is 11.9. The van der Waals surface area contributed by atoms with Crippen LogP contribution in [0.3, 0.4) is 0 Å². The van der Waals surface area contributed by atoms with E-state index in [0.717, 1.165) is 22.1 Å². The Hall–Kier alpha value is -3.07. The zero-order chi connectivity index (χ0) is 25.9. The fourth-order valence-electron chi connectivity index (χ4n) is 2.87. The maximum absolute atomic E-state index is 12.3. The minimum absolute atomic E-state index is 0.207. The molecule has 1 amide bonds. The number of halogens is 2. The van der Waals surface area contributed by atoms with Crippen LogP contribution in [0.1, 0.15) is 12.8 Å². The first-order valence-electron chi connectivity index (χ1n) is 10.9.